The minimum Gasteiger partial charge on any atom is -0.481 e. The molecule has 0 bridgehead atoms. The molecule has 0 aliphatic rings. The fourth-order valence-corrected chi connectivity index (χ4v) is 1.66. The van der Waals surface area contributed by atoms with Crippen LogP contribution < -0.4 is 0 Å². The number of unbranched alkanes of at least 4 members (excludes halogenated alkanes) is 8. The van der Waals surface area contributed by atoms with Gasteiger partial charge in [0.25, 0.3) is 5.97 Å². The summed E-state index contributed by atoms with van der Waals surface area (Å²) < 4.78 is 0. The number of allylic oxidation sites excluding steroid dienone is 2. The molecular formula is C16H32O3. The highest BCUT2D eigenvalue weighted by atomic mass is 16.4. The highest BCUT2D eigenvalue weighted by molar-refractivity contribution is 5.62. The lowest BCUT2D eigenvalue weighted by atomic mass is 10.1. The Morgan fingerprint density at radius 3 is 1.79 bits per heavy atom. The second-order valence-electron chi connectivity index (χ2n) is 4.77. The van der Waals surface area contributed by atoms with Gasteiger partial charge in [0.2, 0.25) is 0 Å². The molecular weight excluding hydrogens is 240 g/mol. The summed E-state index contributed by atoms with van der Waals surface area (Å²) in [4.78, 5) is 9.00. The van der Waals surface area contributed by atoms with Crippen molar-refractivity contribution in [2.45, 2.75) is 78.1 Å². The first kappa shape index (κ1) is 20.5. The van der Waals surface area contributed by atoms with Crippen LogP contribution in [0.2, 0.25) is 0 Å². The van der Waals surface area contributed by atoms with E-state index in [1.54, 1.807) is 0 Å². The third kappa shape index (κ3) is 31.7. The van der Waals surface area contributed by atoms with E-state index in [1.165, 1.54) is 57.8 Å². The van der Waals surface area contributed by atoms with Crippen molar-refractivity contribution in [3.63, 3.8) is 0 Å². The lowest BCUT2D eigenvalue weighted by Gasteiger charge is -1.99. The van der Waals surface area contributed by atoms with E-state index in [9.17, 15) is 0 Å². The normalized spacial score (nSPS) is 10.3. The molecule has 0 fully saturated rings. The highest BCUT2D eigenvalue weighted by Crippen LogP contribution is 2.08. The molecule has 19 heavy (non-hydrogen) atoms. The second-order valence-corrected chi connectivity index (χ2v) is 4.77. The molecule has 0 aromatic rings. The topological polar surface area (TPSA) is 57.5 Å². The highest BCUT2D eigenvalue weighted by Gasteiger charge is 1.90. The standard InChI is InChI=1S/C14H28O.C2H4O2/c1-2-3-4-5-6-7-8-9-10-11-12-13-14-15;1-2(3)4/h4-5,15H,2-3,6-14H2,1H3;1H3,(H,3,4)/b5-4-;. The van der Waals surface area contributed by atoms with Crippen molar-refractivity contribution >= 4 is 5.97 Å². The van der Waals surface area contributed by atoms with Crippen molar-refractivity contribution < 1.29 is 15.0 Å². The zero-order chi connectivity index (χ0) is 14.8. The van der Waals surface area contributed by atoms with Crippen LogP contribution in [0.4, 0.5) is 0 Å². The van der Waals surface area contributed by atoms with Crippen LogP contribution in [0.1, 0.15) is 78.1 Å². The van der Waals surface area contributed by atoms with Crippen LogP contribution in [-0.2, 0) is 4.79 Å². The molecule has 114 valence electrons. The van der Waals surface area contributed by atoms with Gasteiger partial charge in [-0.1, -0.05) is 57.6 Å². The predicted molar refractivity (Wildman–Crippen MR) is 81.4 cm³/mol. The van der Waals surface area contributed by atoms with Crippen LogP contribution in [0.5, 0.6) is 0 Å². The van der Waals surface area contributed by atoms with Crippen LogP contribution in [0.25, 0.3) is 0 Å². The van der Waals surface area contributed by atoms with Crippen LogP contribution in [0, 0.1) is 0 Å². The van der Waals surface area contributed by atoms with Crippen LogP contribution in [0.15, 0.2) is 12.2 Å². The van der Waals surface area contributed by atoms with Crippen LogP contribution >= 0.6 is 0 Å². The molecule has 0 radical (unpaired) electrons. The van der Waals surface area contributed by atoms with E-state index in [0.29, 0.717) is 6.61 Å². The molecule has 3 nitrogen and oxygen atoms in total. The summed E-state index contributed by atoms with van der Waals surface area (Å²) in [5, 5.41) is 16.0. The minimum atomic E-state index is -0.833. The Hall–Kier alpha value is -0.830. The number of carboxylic acids is 1. The molecule has 0 saturated carbocycles. The minimum absolute atomic E-state index is 0.363. The number of rotatable bonds is 11. The first-order valence-corrected chi connectivity index (χ1v) is 7.60. The molecule has 0 aromatic carbocycles. The molecule has 0 saturated heterocycles. The average molecular weight is 272 g/mol. The van der Waals surface area contributed by atoms with Crippen molar-refractivity contribution in [3.8, 4) is 0 Å². The fraction of sp³-hybridized carbons (Fsp3) is 0.812. The number of aliphatic hydroxyl groups is 1. The van der Waals surface area contributed by atoms with Crippen molar-refractivity contribution in [1.82, 2.24) is 0 Å². The Balaban J connectivity index is 0. The molecule has 0 spiro atoms. The van der Waals surface area contributed by atoms with Gasteiger partial charge in [-0.3, -0.25) is 4.79 Å². The lowest BCUT2D eigenvalue weighted by Crippen LogP contribution is -1.83. The van der Waals surface area contributed by atoms with E-state index in [-0.39, 0.29) is 0 Å². The van der Waals surface area contributed by atoms with Gasteiger partial charge < -0.3 is 10.2 Å². The maximum Gasteiger partial charge on any atom is 0.300 e. The number of aliphatic carboxylic acids is 1. The van der Waals surface area contributed by atoms with Crippen molar-refractivity contribution in [1.29, 1.82) is 0 Å². The van der Waals surface area contributed by atoms with Crippen molar-refractivity contribution in [3.05, 3.63) is 12.2 Å². The quantitative estimate of drug-likeness (QED) is 0.428. The first-order valence-electron chi connectivity index (χ1n) is 7.60. The van der Waals surface area contributed by atoms with Crippen LogP contribution in [0.3, 0.4) is 0 Å². The van der Waals surface area contributed by atoms with Gasteiger partial charge in [0, 0.05) is 13.5 Å². The Bertz CT molecular complexity index is 196. The number of hydrogen-bond acceptors (Lipinski definition) is 2. The van der Waals surface area contributed by atoms with E-state index < -0.39 is 5.97 Å². The summed E-state index contributed by atoms with van der Waals surface area (Å²) in [5.74, 6) is -0.833. The lowest BCUT2D eigenvalue weighted by molar-refractivity contribution is -0.134. The molecule has 0 aliphatic carbocycles. The maximum atomic E-state index is 9.00. The molecule has 0 aromatic heterocycles. The van der Waals surface area contributed by atoms with E-state index >= 15 is 0 Å². The van der Waals surface area contributed by atoms with Gasteiger partial charge in [-0.15, -0.1) is 0 Å². The smallest absolute Gasteiger partial charge is 0.300 e. The molecule has 0 rings (SSSR count). The summed E-state index contributed by atoms with van der Waals surface area (Å²) in [7, 11) is 0. The number of carbonyl (C=O) groups is 1. The molecule has 2 N–H and O–H groups in total. The summed E-state index contributed by atoms with van der Waals surface area (Å²) >= 11 is 0. The largest absolute Gasteiger partial charge is 0.481 e. The maximum absolute atomic E-state index is 9.00. The van der Waals surface area contributed by atoms with E-state index in [2.05, 4.69) is 19.1 Å². The average Bonchev–Trinajstić information content (AvgIpc) is 2.35. The van der Waals surface area contributed by atoms with E-state index in [0.717, 1.165) is 13.3 Å². The molecule has 0 heterocycles. The van der Waals surface area contributed by atoms with Gasteiger partial charge in [-0.2, -0.15) is 0 Å². The van der Waals surface area contributed by atoms with Gasteiger partial charge in [-0.05, 0) is 25.7 Å². The third-order valence-electron chi connectivity index (χ3n) is 2.65. The number of aliphatic hydroxyl groups excluding tert-OH is 1. The summed E-state index contributed by atoms with van der Waals surface area (Å²) in [5.41, 5.74) is 0. The van der Waals surface area contributed by atoms with Gasteiger partial charge in [0.1, 0.15) is 0 Å². The summed E-state index contributed by atoms with van der Waals surface area (Å²) in [6.07, 6.45) is 17.3. The van der Waals surface area contributed by atoms with Gasteiger partial charge in [0.05, 0.1) is 0 Å². The summed E-state index contributed by atoms with van der Waals surface area (Å²) in [6, 6.07) is 0. The van der Waals surface area contributed by atoms with Gasteiger partial charge in [-0.25, -0.2) is 0 Å². The molecule has 0 unspecified atom stereocenters. The zero-order valence-corrected chi connectivity index (χ0v) is 12.7. The molecule has 0 aliphatic heterocycles. The second kappa shape index (κ2) is 19.5. The fourth-order valence-electron chi connectivity index (χ4n) is 1.66. The Kier molecular flexibility index (Phi) is 21.0. The number of carboxylic acid groups (broad SMARTS) is 1. The molecule has 3 heteroatoms. The SMILES string of the molecule is CC(=O)O.CCC/C=C\CCCCCCCCCO. The zero-order valence-electron chi connectivity index (χ0n) is 12.7. The van der Waals surface area contributed by atoms with E-state index in [4.69, 9.17) is 15.0 Å². The van der Waals surface area contributed by atoms with Gasteiger partial charge >= 0.3 is 0 Å². The number of hydrogen-bond donors (Lipinski definition) is 2. The Morgan fingerprint density at radius 1 is 0.895 bits per heavy atom. The molecule has 0 atom stereocenters. The first-order chi connectivity index (χ1) is 9.15. The third-order valence-corrected chi connectivity index (χ3v) is 2.65. The Morgan fingerprint density at radius 2 is 1.32 bits per heavy atom. The van der Waals surface area contributed by atoms with Crippen LogP contribution in [-0.4, -0.2) is 22.8 Å². The van der Waals surface area contributed by atoms with E-state index in [1.807, 2.05) is 0 Å². The van der Waals surface area contributed by atoms with Crippen molar-refractivity contribution in [2.24, 2.45) is 0 Å². The van der Waals surface area contributed by atoms with Crippen molar-refractivity contribution in [2.75, 3.05) is 6.61 Å². The predicted octanol–water partition coefficient (Wildman–Crippen LogP) is 4.55. The monoisotopic (exact) mass is 272 g/mol. The molecule has 0 amide bonds. The summed E-state index contributed by atoms with van der Waals surface area (Å²) in [6.45, 7) is 3.67. The Labute approximate surface area is 118 Å². The van der Waals surface area contributed by atoms with Gasteiger partial charge in [0.15, 0.2) is 0 Å².